The van der Waals surface area contributed by atoms with E-state index in [0.29, 0.717) is 86.3 Å². The number of ketones is 2. The van der Waals surface area contributed by atoms with Crippen LogP contribution in [0.5, 0.6) is 17.2 Å². The predicted octanol–water partition coefficient (Wildman–Crippen LogP) is 8.94. The zero-order chi connectivity index (χ0) is 44.8. The first kappa shape index (κ1) is 47.5. The summed E-state index contributed by atoms with van der Waals surface area (Å²) in [4.78, 5) is 79.3. The first-order valence-electron chi connectivity index (χ1n) is 20.5. The maximum absolute atomic E-state index is 13.4. The van der Waals surface area contributed by atoms with Gasteiger partial charge in [0.25, 0.3) is 5.91 Å². The SMILES string of the molecule is C=C(Cl)SC(=C)C(=O)/C=C/c1cc(OC)ccc1OC(=O)C1CCC(C(=O)Cc2ccc(C(=O)N(C)c3ccc(OC(=O)C4CCC(C(=O)OCCOC)CC4)cc3)cc2)CC1. The molecule has 2 fully saturated rings. The molecule has 0 radical (unpaired) electrons. The highest BCUT2D eigenvalue weighted by atomic mass is 35.5. The number of nitrogens with zero attached hydrogens (tertiary/aromatic N) is 1. The van der Waals surface area contributed by atoms with E-state index in [1.807, 2.05) is 0 Å². The van der Waals surface area contributed by atoms with E-state index in [-0.39, 0.29) is 81.1 Å². The molecular weight excluding hydrogens is 834 g/mol. The van der Waals surface area contributed by atoms with Crippen LogP contribution >= 0.6 is 23.4 Å². The summed E-state index contributed by atoms with van der Waals surface area (Å²) < 4.78 is 27.1. The Bertz CT molecular complexity index is 2150. The molecule has 0 saturated heterocycles. The molecule has 12 nitrogen and oxygen atoms in total. The average molecular weight is 886 g/mol. The number of hydrogen-bond donors (Lipinski definition) is 0. The first-order chi connectivity index (χ1) is 29.8. The Morgan fingerprint density at radius 2 is 1.29 bits per heavy atom. The van der Waals surface area contributed by atoms with Gasteiger partial charge in [0.05, 0.1) is 40.7 Å². The van der Waals surface area contributed by atoms with E-state index in [2.05, 4.69) is 13.2 Å². The van der Waals surface area contributed by atoms with E-state index < -0.39 is 5.97 Å². The number of methoxy groups -OCH3 is 2. The number of halogens is 1. The van der Waals surface area contributed by atoms with Crippen molar-refractivity contribution < 1.29 is 52.5 Å². The number of rotatable bonds is 19. The van der Waals surface area contributed by atoms with E-state index in [0.717, 1.165) is 17.3 Å². The van der Waals surface area contributed by atoms with Gasteiger partial charge in [-0.15, -0.1) is 0 Å². The van der Waals surface area contributed by atoms with Gasteiger partial charge in [0.15, 0.2) is 5.78 Å². The monoisotopic (exact) mass is 885 g/mol. The zero-order valence-corrected chi connectivity index (χ0v) is 36.8. The number of allylic oxidation sites excluding steroid dienone is 2. The van der Waals surface area contributed by atoms with Crippen LogP contribution in [0, 0.1) is 23.7 Å². The maximum Gasteiger partial charge on any atom is 0.314 e. The molecule has 1 amide bonds. The molecule has 0 unspecified atom stereocenters. The van der Waals surface area contributed by atoms with Crippen LogP contribution in [0.25, 0.3) is 6.08 Å². The molecule has 62 heavy (non-hydrogen) atoms. The highest BCUT2D eigenvalue weighted by Gasteiger charge is 2.33. The minimum Gasteiger partial charge on any atom is -0.497 e. The number of ether oxygens (including phenoxy) is 5. The number of carbonyl (C=O) groups is 6. The third-order valence-electron chi connectivity index (χ3n) is 11.1. The Labute approximate surface area is 371 Å². The van der Waals surface area contributed by atoms with Gasteiger partial charge in [0.2, 0.25) is 0 Å². The summed E-state index contributed by atoms with van der Waals surface area (Å²) in [6, 6.07) is 18.6. The molecule has 0 bridgehead atoms. The Morgan fingerprint density at radius 3 is 1.87 bits per heavy atom. The van der Waals surface area contributed by atoms with Crippen molar-refractivity contribution in [2.24, 2.45) is 23.7 Å². The molecule has 2 aliphatic rings. The number of thioether (sulfide) groups is 1. The van der Waals surface area contributed by atoms with Crippen LogP contribution in [0.2, 0.25) is 0 Å². The van der Waals surface area contributed by atoms with Crippen LogP contribution in [0.4, 0.5) is 5.69 Å². The van der Waals surface area contributed by atoms with Crippen LogP contribution < -0.4 is 19.1 Å². The van der Waals surface area contributed by atoms with Gasteiger partial charge in [-0.2, -0.15) is 0 Å². The van der Waals surface area contributed by atoms with Crippen molar-refractivity contribution in [3.8, 4) is 17.2 Å². The number of amides is 1. The topological polar surface area (TPSA) is 152 Å². The van der Waals surface area contributed by atoms with Crippen molar-refractivity contribution in [3.63, 3.8) is 0 Å². The molecule has 14 heteroatoms. The summed E-state index contributed by atoms with van der Waals surface area (Å²) in [5.41, 5.74) is 2.30. The molecule has 0 N–H and O–H groups in total. The smallest absolute Gasteiger partial charge is 0.314 e. The van der Waals surface area contributed by atoms with Gasteiger partial charge >= 0.3 is 17.9 Å². The van der Waals surface area contributed by atoms with Crippen molar-refractivity contribution in [2.45, 2.75) is 57.8 Å². The fraction of sp³-hybridized carbons (Fsp3) is 0.375. The summed E-state index contributed by atoms with van der Waals surface area (Å²) in [5, 5.41) is 0. The van der Waals surface area contributed by atoms with Crippen molar-refractivity contribution in [3.05, 3.63) is 112 Å². The normalized spacial score (nSPS) is 18.6. The molecule has 0 atom stereocenters. The van der Waals surface area contributed by atoms with E-state index in [4.69, 9.17) is 35.3 Å². The second-order valence-corrected chi connectivity index (χ2v) is 17.1. The van der Waals surface area contributed by atoms with Crippen LogP contribution in [0.3, 0.4) is 0 Å². The van der Waals surface area contributed by atoms with Crippen molar-refractivity contribution >= 4 is 70.5 Å². The van der Waals surface area contributed by atoms with Gasteiger partial charge < -0.3 is 28.6 Å². The third-order valence-corrected chi connectivity index (χ3v) is 12.0. The molecule has 5 rings (SSSR count). The highest BCUT2D eigenvalue weighted by Crippen LogP contribution is 2.34. The summed E-state index contributed by atoms with van der Waals surface area (Å²) in [6.45, 7) is 7.83. The van der Waals surface area contributed by atoms with Gasteiger partial charge in [0.1, 0.15) is 29.6 Å². The minimum absolute atomic E-state index is 0.0737. The Balaban J connectivity index is 1.06. The summed E-state index contributed by atoms with van der Waals surface area (Å²) >= 11 is 6.74. The number of carbonyl (C=O) groups excluding carboxylic acids is 6. The molecule has 0 heterocycles. The molecule has 328 valence electrons. The second-order valence-electron chi connectivity index (χ2n) is 15.3. The molecule has 0 spiro atoms. The fourth-order valence-corrected chi connectivity index (χ4v) is 8.14. The predicted molar refractivity (Wildman–Crippen MR) is 238 cm³/mol. The van der Waals surface area contributed by atoms with E-state index in [1.54, 1.807) is 80.9 Å². The molecule has 2 saturated carbocycles. The van der Waals surface area contributed by atoms with Gasteiger partial charge in [0, 0.05) is 43.3 Å². The standard InChI is InChI=1S/C48H52ClNO11S/c1-30(62-31(2)49)42(51)24-18-38-29-41(58-5)23-25-44(38)61-48(56)37-12-10-33(11-13-37)43(52)28-32-6-8-34(9-7-32)45(53)50(3)39-19-21-40(22-20-39)60-47(55)36-16-14-35(15-17-36)46(54)59-27-26-57-4/h6-9,18-25,29,33,35-37H,1-2,10-17,26-28H2,3-5H3/b24-18+. The first-order valence-corrected chi connectivity index (χ1v) is 21.7. The second kappa shape index (κ2) is 23.1. The van der Waals surface area contributed by atoms with Crippen LogP contribution in [-0.4, -0.2) is 69.9 Å². The molecule has 0 aromatic heterocycles. The lowest BCUT2D eigenvalue weighted by Crippen LogP contribution is -2.30. The number of Topliss-reactive ketones (excluding diaryl/α,β-unsaturated/α-hetero) is 1. The van der Waals surface area contributed by atoms with Crippen LogP contribution in [0.1, 0.15) is 72.9 Å². The quantitative estimate of drug-likeness (QED) is 0.0489. The molecular formula is C48H52ClNO11S. The van der Waals surface area contributed by atoms with Crippen molar-refractivity contribution in [1.29, 1.82) is 0 Å². The van der Waals surface area contributed by atoms with Crippen molar-refractivity contribution in [2.75, 3.05) is 39.4 Å². The van der Waals surface area contributed by atoms with E-state index in [9.17, 15) is 28.8 Å². The summed E-state index contributed by atoms with van der Waals surface area (Å²) in [7, 11) is 4.71. The fourth-order valence-electron chi connectivity index (χ4n) is 7.43. The molecule has 2 aliphatic carbocycles. The van der Waals surface area contributed by atoms with Crippen LogP contribution in [0.15, 0.2) is 95.2 Å². The third kappa shape index (κ3) is 13.5. The van der Waals surface area contributed by atoms with Gasteiger partial charge in [-0.25, -0.2) is 0 Å². The molecule has 3 aromatic carbocycles. The zero-order valence-electron chi connectivity index (χ0n) is 35.2. The summed E-state index contributed by atoms with van der Waals surface area (Å²) in [5.74, 6) is -1.53. The lowest BCUT2D eigenvalue weighted by Gasteiger charge is -2.26. The van der Waals surface area contributed by atoms with E-state index in [1.165, 1.54) is 24.2 Å². The number of benzene rings is 3. The summed E-state index contributed by atoms with van der Waals surface area (Å²) in [6.07, 6.45) is 7.31. The maximum atomic E-state index is 13.4. The van der Waals surface area contributed by atoms with Gasteiger partial charge in [-0.05, 0) is 124 Å². The van der Waals surface area contributed by atoms with Crippen LogP contribution in [-0.2, 0) is 39.9 Å². The Kier molecular flexibility index (Phi) is 17.7. The minimum atomic E-state index is -0.407. The number of esters is 3. The Morgan fingerprint density at radius 1 is 0.726 bits per heavy atom. The molecule has 0 aliphatic heterocycles. The molecule has 3 aromatic rings. The van der Waals surface area contributed by atoms with Gasteiger partial charge in [-0.3, -0.25) is 28.8 Å². The van der Waals surface area contributed by atoms with E-state index >= 15 is 0 Å². The number of anilines is 1. The lowest BCUT2D eigenvalue weighted by molar-refractivity contribution is -0.153. The largest absolute Gasteiger partial charge is 0.497 e. The van der Waals surface area contributed by atoms with Gasteiger partial charge in [-0.1, -0.05) is 48.7 Å². The Hall–Kier alpha value is -5.50. The number of hydrogen-bond acceptors (Lipinski definition) is 12. The lowest BCUT2D eigenvalue weighted by atomic mass is 9.79. The van der Waals surface area contributed by atoms with Crippen molar-refractivity contribution in [1.82, 2.24) is 0 Å². The average Bonchev–Trinajstić information content (AvgIpc) is 3.28. The highest BCUT2D eigenvalue weighted by molar-refractivity contribution is 8.08.